The Morgan fingerprint density at radius 2 is 2.08 bits per heavy atom. The Kier molecular flexibility index (Phi) is 6.41. The first-order chi connectivity index (χ1) is 12.6. The summed E-state index contributed by atoms with van der Waals surface area (Å²) >= 11 is 1.55. The fourth-order valence-corrected chi connectivity index (χ4v) is 4.48. The van der Waals surface area contributed by atoms with Gasteiger partial charge in [-0.15, -0.1) is 11.8 Å². The van der Waals surface area contributed by atoms with Crippen LogP contribution >= 0.6 is 11.8 Å². The minimum absolute atomic E-state index is 0.0919. The van der Waals surface area contributed by atoms with Crippen LogP contribution in [0.2, 0.25) is 0 Å². The second-order valence-corrected chi connectivity index (χ2v) is 8.19. The Labute approximate surface area is 158 Å². The predicted octanol–water partition coefficient (Wildman–Crippen LogP) is 4.28. The number of nitrogens with one attached hydrogen (secondary N) is 1. The van der Waals surface area contributed by atoms with Crippen molar-refractivity contribution in [3.05, 3.63) is 45.8 Å². The number of aryl methyl sites for hydroxylation is 1. The first kappa shape index (κ1) is 19.0. The van der Waals surface area contributed by atoms with Crippen LogP contribution < -0.4 is 10.9 Å². The predicted molar refractivity (Wildman–Crippen MR) is 108 cm³/mol. The van der Waals surface area contributed by atoms with Crippen molar-refractivity contribution in [1.82, 2.24) is 5.32 Å². The van der Waals surface area contributed by atoms with E-state index in [0.29, 0.717) is 29.0 Å². The van der Waals surface area contributed by atoms with Crippen molar-refractivity contribution >= 4 is 28.6 Å². The van der Waals surface area contributed by atoms with Crippen LogP contribution in [0.5, 0.6) is 0 Å². The smallest absolute Gasteiger partial charge is 0.336 e. The van der Waals surface area contributed by atoms with E-state index in [0.717, 1.165) is 29.4 Å². The van der Waals surface area contributed by atoms with Gasteiger partial charge in [0.25, 0.3) is 0 Å². The minimum atomic E-state index is -0.332. The van der Waals surface area contributed by atoms with Gasteiger partial charge in [0.1, 0.15) is 5.58 Å². The van der Waals surface area contributed by atoms with E-state index in [4.69, 9.17) is 4.42 Å². The number of hydrogen-bond donors (Lipinski definition) is 1. The number of fused-ring (bicyclic) bond motifs is 1. The SMILES string of the molecule is CCc1ccc2c(CSCC(=O)N[C@H]3CCCC[C@H]3C)cc(=O)oc2c1. The molecular formula is C21H27NO3S. The van der Waals surface area contributed by atoms with Crippen molar-refractivity contribution in [3.63, 3.8) is 0 Å². The highest BCUT2D eigenvalue weighted by Crippen LogP contribution is 2.25. The fourth-order valence-electron chi connectivity index (χ4n) is 3.65. The topological polar surface area (TPSA) is 59.3 Å². The Hall–Kier alpha value is -1.75. The molecule has 1 aromatic heterocycles. The molecule has 4 nitrogen and oxygen atoms in total. The van der Waals surface area contributed by atoms with E-state index < -0.39 is 0 Å². The lowest BCUT2D eigenvalue weighted by molar-refractivity contribution is -0.119. The lowest BCUT2D eigenvalue weighted by Crippen LogP contribution is -2.41. The molecule has 3 rings (SSSR count). The first-order valence-electron chi connectivity index (χ1n) is 9.49. The van der Waals surface area contributed by atoms with Gasteiger partial charge in [0.2, 0.25) is 5.91 Å². The molecule has 0 unspecified atom stereocenters. The van der Waals surface area contributed by atoms with Crippen molar-refractivity contribution in [3.8, 4) is 0 Å². The maximum Gasteiger partial charge on any atom is 0.336 e. The third kappa shape index (κ3) is 4.70. The lowest BCUT2D eigenvalue weighted by atomic mass is 9.86. The van der Waals surface area contributed by atoms with E-state index in [-0.39, 0.29) is 11.5 Å². The van der Waals surface area contributed by atoms with Crippen LogP contribution in [-0.2, 0) is 17.0 Å². The van der Waals surface area contributed by atoms with Crippen LogP contribution in [0, 0.1) is 5.92 Å². The van der Waals surface area contributed by atoms with Gasteiger partial charge in [-0.25, -0.2) is 4.79 Å². The Morgan fingerprint density at radius 3 is 2.85 bits per heavy atom. The molecule has 0 aliphatic heterocycles. The van der Waals surface area contributed by atoms with Crippen LogP contribution in [0.15, 0.2) is 33.5 Å². The maximum atomic E-state index is 12.2. The molecule has 1 aromatic carbocycles. The van der Waals surface area contributed by atoms with Gasteiger partial charge in [-0.1, -0.05) is 38.8 Å². The number of thioether (sulfide) groups is 1. The number of carbonyl (C=O) groups excluding carboxylic acids is 1. The molecule has 5 heteroatoms. The zero-order chi connectivity index (χ0) is 18.5. The monoisotopic (exact) mass is 373 g/mol. The highest BCUT2D eigenvalue weighted by atomic mass is 32.2. The summed E-state index contributed by atoms with van der Waals surface area (Å²) in [5, 5.41) is 4.13. The second kappa shape index (κ2) is 8.76. The van der Waals surface area contributed by atoms with Crippen molar-refractivity contribution in [2.24, 2.45) is 5.92 Å². The number of hydrogen-bond acceptors (Lipinski definition) is 4. The third-order valence-electron chi connectivity index (χ3n) is 5.25. The van der Waals surface area contributed by atoms with Gasteiger partial charge in [0, 0.05) is 23.2 Å². The van der Waals surface area contributed by atoms with E-state index >= 15 is 0 Å². The summed E-state index contributed by atoms with van der Waals surface area (Å²) in [6.07, 6.45) is 5.66. The molecular weight excluding hydrogens is 346 g/mol. The molecule has 1 N–H and O–H groups in total. The van der Waals surface area contributed by atoms with Crippen molar-refractivity contribution in [2.45, 2.75) is 57.7 Å². The number of benzene rings is 1. The van der Waals surface area contributed by atoms with Crippen LogP contribution in [0.4, 0.5) is 0 Å². The van der Waals surface area contributed by atoms with E-state index in [9.17, 15) is 9.59 Å². The van der Waals surface area contributed by atoms with Crippen LogP contribution in [0.1, 0.15) is 50.7 Å². The summed E-state index contributed by atoms with van der Waals surface area (Å²) in [7, 11) is 0. The van der Waals surface area contributed by atoms with Gasteiger partial charge in [-0.3, -0.25) is 4.79 Å². The normalized spacial score (nSPS) is 20.2. The molecule has 0 bridgehead atoms. The molecule has 1 fully saturated rings. The molecule has 0 radical (unpaired) electrons. The Bertz CT molecular complexity index is 830. The number of carbonyl (C=O) groups is 1. The summed E-state index contributed by atoms with van der Waals surface area (Å²) in [5.41, 5.74) is 2.38. The zero-order valence-corrected chi connectivity index (χ0v) is 16.4. The quantitative estimate of drug-likeness (QED) is 0.768. The largest absolute Gasteiger partial charge is 0.423 e. The van der Waals surface area contributed by atoms with E-state index in [1.165, 1.54) is 19.3 Å². The molecule has 1 saturated carbocycles. The van der Waals surface area contributed by atoms with Gasteiger partial charge >= 0.3 is 5.63 Å². The van der Waals surface area contributed by atoms with Gasteiger partial charge < -0.3 is 9.73 Å². The van der Waals surface area contributed by atoms with Gasteiger partial charge in [-0.05, 0) is 42.4 Å². The van der Waals surface area contributed by atoms with Crippen molar-refractivity contribution in [2.75, 3.05) is 5.75 Å². The minimum Gasteiger partial charge on any atom is -0.423 e. The van der Waals surface area contributed by atoms with Crippen molar-refractivity contribution in [1.29, 1.82) is 0 Å². The molecule has 0 saturated heterocycles. The number of amides is 1. The van der Waals surface area contributed by atoms with Crippen molar-refractivity contribution < 1.29 is 9.21 Å². The summed E-state index contributed by atoms with van der Waals surface area (Å²) in [4.78, 5) is 24.1. The Balaban J connectivity index is 1.61. The van der Waals surface area contributed by atoms with Crippen LogP contribution in [-0.4, -0.2) is 17.7 Å². The summed E-state index contributed by atoms with van der Waals surface area (Å²) in [6, 6.07) is 7.86. The molecule has 2 aromatic rings. The van der Waals surface area contributed by atoms with E-state index in [2.05, 4.69) is 25.2 Å². The van der Waals surface area contributed by atoms with Gasteiger partial charge in [0.05, 0.1) is 5.75 Å². The highest BCUT2D eigenvalue weighted by molar-refractivity contribution is 7.99. The highest BCUT2D eigenvalue weighted by Gasteiger charge is 2.22. The molecule has 1 aliphatic carbocycles. The van der Waals surface area contributed by atoms with Gasteiger partial charge in [-0.2, -0.15) is 0 Å². The molecule has 140 valence electrons. The number of rotatable bonds is 6. The molecule has 1 amide bonds. The summed E-state index contributed by atoms with van der Waals surface area (Å²) in [6.45, 7) is 4.29. The first-order valence-corrected chi connectivity index (χ1v) is 10.6. The van der Waals surface area contributed by atoms with E-state index in [1.807, 2.05) is 12.1 Å². The van der Waals surface area contributed by atoms with Crippen LogP contribution in [0.3, 0.4) is 0 Å². The van der Waals surface area contributed by atoms with Crippen LogP contribution in [0.25, 0.3) is 11.0 Å². The third-order valence-corrected chi connectivity index (χ3v) is 6.23. The van der Waals surface area contributed by atoms with E-state index in [1.54, 1.807) is 17.8 Å². The maximum absolute atomic E-state index is 12.2. The summed E-state index contributed by atoms with van der Waals surface area (Å²) in [5.74, 6) is 1.70. The molecule has 26 heavy (non-hydrogen) atoms. The molecule has 0 spiro atoms. The standard InChI is InChI=1S/C21H27NO3S/c1-3-15-8-9-17-16(11-21(24)25-19(17)10-15)12-26-13-20(23)22-18-7-5-4-6-14(18)2/h8-11,14,18H,3-7,12-13H2,1-2H3,(H,22,23)/t14-,18+/m1/s1. The van der Waals surface area contributed by atoms with Gasteiger partial charge in [0.15, 0.2) is 0 Å². The average Bonchev–Trinajstić information content (AvgIpc) is 2.63. The lowest BCUT2D eigenvalue weighted by Gasteiger charge is -2.29. The fraction of sp³-hybridized carbons (Fsp3) is 0.524. The summed E-state index contributed by atoms with van der Waals surface area (Å²) < 4.78 is 5.34. The zero-order valence-electron chi connectivity index (χ0n) is 15.5. The second-order valence-electron chi connectivity index (χ2n) is 7.20. The Morgan fingerprint density at radius 1 is 1.27 bits per heavy atom. The molecule has 2 atom stereocenters. The molecule has 1 aliphatic rings. The molecule has 1 heterocycles. The average molecular weight is 374 g/mol.